The van der Waals surface area contributed by atoms with Gasteiger partial charge in [-0.3, -0.25) is 4.79 Å². The molecule has 0 fully saturated rings. The molecule has 0 aliphatic carbocycles. The number of hydrogen-bond donors (Lipinski definition) is 1. The first-order chi connectivity index (χ1) is 7.91. The van der Waals surface area contributed by atoms with E-state index >= 15 is 0 Å². The summed E-state index contributed by atoms with van der Waals surface area (Å²) in [5, 5.41) is 8.72. The van der Waals surface area contributed by atoms with Crippen LogP contribution < -0.4 is 5.43 Å². The number of halogens is 2. The third-order valence-corrected chi connectivity index (χ3v) is 2.75. The van der Waals surface area contributed by atoms with Gasteiger partial charge in [0.2, 0.25) is 5.43 Å². The molecule has 88 valence electrons. The van der Waals surface area contributed by atoms with Gasteiger partial charge in [-0.15, -0.1) is 0 Å². The smallest absolute Gasteiger partial charge is 0.341 e. The van der Waals surface area contributed by atoms with Crippen LogP contribution in [0.1, 0.15) is 10.4 Å². The van der Waals surface area contributed by atoms with Crippen LogP contribution in [0.5, 0.6) is 0 Å². The molecule has 2 aromatic rings. The second kappa shape index (κ2) is 3.85. The van der Waals surface area contributed by atoms with Crippen LogP contribution in [0.2, 0.25) is 5.02 Å². The molecule has 1 N–H and O–H groups in total. The minimum Gasteiger partial charge on any atom is -0.477 e. The van der Waals surface area contributed by atoms with Crippen molar-refractivity contribution in [3.63, 3.8) is 0 Å². The van der Waals surface area contributed by atoms with E-state index in [2.05, 4.69) is 0 Å². The maximum Gasteiger partial charge on any atom is 0.341 e. The van der Waals surface area contributed by atoms with Crippen molar-refractivity contribution in [1.82, 2.24) is 4.57 Å². The van der Waals surface area contributed by atoms with Gasteiger partial charge >= 0.3 is 5.97 Å². The van der Waals surface area contributed by atoms with E-state index in [9.17, 15) is 14.0 Å². The first-order valence-electron chi connectivity index (χ1n) is 4.63. The fraction of sp³-hybridized carbons (Fsp3) is 0.0909. The Morgan fingerprint density at radius 2 is 2.12 bits per heavy atom. The maximum absolute atomic E-state index is 13.3. The number of pyridine rings is 1. The molecule has 0 saturated heterocycles. The van der Waals surface area contributed by atoms with Gasteiger partial charge < -0.3 is 9.67 Å². The predicted molar refractivity (Wildman–Crippen MR) is 61.1 cm³/mol. The second-order valence-electron chi connectivity index (χ2n) is 3.57. The average molecular weight is 256 g/mol. The Hall–Kier alpha value is -1.88. The highest BCUT2D eigenvalue weighted by atomic mass is 35.5. The largest absolute Gasteiger partial charge is 0.477 e. The molecule has 2 rings (SSSR count). The monoisotopic (exact) mass is 255 g/mol. The van der Waals surface area contributed by atoms with Crippen LogP contribution in [0.25, 0.3) is 10.9 Å². The van der Waals surface area contributed by atoms with Gasteiger partial charge in [0.25, 0.3) is 0 Å². The fourth-order valence-corrected chi connectivity index (χ4v) is 1.79. The van der Waals surface area contributed by atoms with Crippen LogP contribution in [-0.2, 0) is 7.05 Å². The standard InChI is InChI=1S/C11H7ClFNO3/c1-14-4-6(11(16)17)10(15)5-2-8(13)7(12)3-9(5)14/h2-4H,1H3,(H,16,17). The molecule has 0 aliphatic heterocycles. The molecule has 17 heavy (non-hydrogen) atoms. The number of carboxylic acids is 1. The molecule has 1 heterocycles. The Morgan fingerprint density at radius 3 is 2.71 bits per heavy atom. The fourth-order valence-electron chi connectivity index (χ4n) is 1.63. The number of nitrogens with zero attached hydrogens (tertiary/aromatic N) is 1. The zero-order valence-electron chi connectivity index (χ0n) is 8.70. The Kier molecular flexibility index (Phi) is 2.63. The molecule has 0 radical (unpaired) electrons. The second-order valence-corrected chi connectivity index (χ2v) is 3.98. The van der Waals surface area contributed by atoms with Crippen molar-refractivity contribution >= 4 is 28.5 Å². The molecule has 0 bridgehead atoms. The summed E-state index contributed by atoms with van der Waals surface area (Å²) in [6, 6.07) is 2.24. The molecule has 1 aromatic carbocycles. The first kappa shape index (κ1) is 11.6. The summed E-state index contributed by atoms with van der Waals surface area (Å²) in [5.74, 6) is -2.10. The van der Waals surface area contributed by atoms with E-state index in [0.29, 0.717) is 5.52 Å². The van der Waals surface area contributed by atoms with E-state index in [4.69, 9.17) is 16.7 Å². The molecule has 0 aliphatic rings. The summed E-state index contributed by atoms with van der Waals surface area (Å²) in [6.07, 6.45) is 1.18. The number of hydrogen-bond acceptors (Lipinski definition) is 2. The summed E-state index contributed by atoms with van der Waals surface area (Å²) in [6.45, 7) is 0. The van der Waals surface area contributed by atoms with Gasteiger partial charge in [-0.1, -0.05) is 11.6 Å². The van der Waals surface area contributed by atoms with Crippen molar-refractivity contribution in [2.45, 2.75) is 0 Å². The van der Waals surface area contributed by atoms with E-state index < -0.39 is 22.8 Å². The summed E-state index contributed by atoms with van der Waals surface area (Å²) in [7, 11) is 1.56. The molecule has 0 atom stereocenters. The Bertz CT molecular complexity index is 693. The summed E-state index contributed by atoms with van der Waals surface area (Å²) in [5.41, 5.74) is -0.741. The van der Waals surface area contributed by atoms with Gasteiger partial charge in [-0.05, 0) is 12.1 Å². The molecule has 4 nitrogen and oxygen atoms in total. The molecular formula is C11H7ClFNO3. The number of aryl methyl sites for hydroxylation is 1. The van der Waals surface area contributed by atoms with Crippen molar-refractivity contribution in [3.05, 3.63) is 45.0 Å². The third kappa shape index (κ3) is 1.78. The lowest BCUT2D eigenvalue weighted by Crippen LogP contribution is -2.18. The van der Waals surface area contributed by atoms with Gasteiger partial charge in [0.1, 0.15) is 11.4 Å². The molecule has 6 heteroatoms. The topological polar surface area (TPSA) is 59.3 Å². The molecule has 0 unspecified atom stereocenters. The number of aromatic nitrogens is 1. The Morgan fingerprint density at radius 1 is 1.47 bits per heavy atom. The highest BCUT2D eigenvalue weighted by molar-refractivity contribution is 6.31. The SMILES string of the molecule is Cn1cc(C(=O)O)c(=O)c2cc(F)c(Cl)cc21. The van der Waals surface area contributed by atoms with Gasteiger partial charge in [0, 0.05) is 18.6 Å². The Labute approximate surface area is 99.9 Å². The van der Waals surface area contributed by atoms with Crippen molar-refractivity contribution < 1.29 is 14.3 Å². The van der Waals surface area contributed by atoms with Gasteiger partial charge in [0.05, 0.1) is 10.5 Å². The van der Waals surface area contributed by atoms with Crippen LogP contribution >= 0.6 is 11.6 Å². The molecule has 0 saturated carbocycles. The third-order valence-electron chi connectivity index (χ3n) is 2.46. The number of fused-ring (bicyclic) bond motifs is 1. The molecule has 1 aromatic heterocycles. The van der Waals surface area contributed by atoms with E-state index in [0.717, 1.165) is 6.07 Å². The zero-order valence-corrected chi connectivity index (χ0v) is 9.45. The van der Waals surface area contributed by atoms with E-state index in [1.165, 1.54) is 16.8 Å². The summed E-state index contributed by atoms with van der Waals surface area (Å²) < 4.78 is 14.7. The van der Waals surface area contributed by atoms with Crippen LogP contribution in [0, 0.1) is 5.82 Å². The lowest BCUT2D eigenvalue weighted by Gasteiger charge is -2.07. The van der Waals surface area contributed by atoms with E-state index in [-0.39, 0.29) is 10.4 Å². The highest BCUT2D eigenvalue weighted by Crippen LogP contribution is 2.20. The normalized spacial score (nSPS) is 10.8. The van der Waals surface area contributed by atoms with Crippen LogP contribution in [0.4, 0.5) is 4.39 Å². The number of carboxylic acid groups (broad SMARTS) is 1. The lowest BCUT2D eigenvalue weighted by atomic mass is 10.1. The average Bonchev–Trinajstić information content (AvgIpc) is 2.25. The summed E-state index contributed by atoms with van der Waals surface area (Å²) in [4.78, 5) is 22.6. The highest BCUT2D eigenvalue weighted by Gasteiger charge is 2.15. The number of carbonyl (C=O) groups is 1. The minimum absolute atomic E-state index is 0.00528. The predicted octanol–water partition coefficient (Wildman–Crippen LogP) is 2.03. The Balaban J connectivity index is 2.99. The van der Waals surface area contributed by atoms with Gasteiger partial charge in [0.15, 0.2) is 0 Å². The van der Waals surface area contributed by atoms with Crippen LogP contribution in [0.15, 0.2) is 23.1 Å². The zero-order chi connectivity index (χ0) is 12.7. The maximum atomic E-state index is 13.3. The molecule has 0 amide bonds. The van der Waals surface area contributed by atoms with Crippen LogP contribution in [-0.4, -0.2) is 15.6 Å². The first-order valence-corrected chi connectivity index (χ1v) is 5.01. The number of aromatic carboxylic acids is 1. The van der Waals surface area contributed by atoms with Crippen molar-refractivity contribution in [2.24, 2.45) is 7.05 Å². The number of rotatable bonds is 1. The lowest BCUT2D eigenvalue weighted by molar-refractivity contribution is 0.0695. The van der Waals surface area contributed by atoms with Crippen LogP contribution in [0.3, 0.4) is 0 Å². The molecular weight excluding hydrogens is 249 g/mol. The van der Waals surface area contributed by atoms with Gasteiger partial charge in [-0.2, -0.15) is 0 Å². The van der Waals surface area contributed by atoms with Crippen molar-refractivity contribution in [2.75, 3.05) is 0 Å². The van der Waals surface area contributed by atoms with E-state index in [1.54, 1.807) is 7.05 Å². The van der Waals surface area contributed by atoms with Crippen molar-refractivity contribution in [3.8, 4) is 0 Å². The number of benzene rings is 1. The van der Waals surface area contributed by atoms with Crippen molar-refractivity contribution in [1.29, 1.82) is 0 Å². The minimum atomic E-state index is -1.34. The van der Waals surface area contributed by atoms with Gasteiger partial charge in [-0.25, -0.2) is 9.18 Å². The molecule has 0 spiro atoms. The quantitative estimate of drug-likeness (QED) is 0.848. The van der Waals surface area contributed by atoms with E-state index in [1.807, 2.05) is 0 Å². The summed E-state index contributed by atoms with van der Waals surface area (Å²) >= 11 is 5.61.